The van der Waals surface area contributed by atoms with E-state index < -0.39 is 0 Å². The third-order valence-corrected chi connectivity index (χ3v) is 4.18. The van der Waals surface area contributed by atoms with Crippen LogP contribution >= 0.6 is 0 Å². The predicted octanol–water partition coefficient (Wildman–Crippen LogP) is 1.81. The predicted molar refractivity (Wildman–Crippen MR) is 77.2 cm³/mol. The molecule has 3 rings (SSSR count). The number of benzene rings is 1. The normalized spacial score (nSPS) is 28.7. The molecule has 2 aliphatic rings. The summed E-state index contributed by atoms with van der Waals surface area (Å²) in [4.78, 5) is 2.56. The van der Waals surface area contributed by atoms with Gasteiger partial charge in [0.1, 0.15) is 0 Å². The van der Waals surface area contributed by atoms with Crippen LogP contribution in [0.25, 0.3) is 0 Å². The molecule has 2 heterocycles. The van der Waals surface area contributed by atoms with Crippen molar-refractivity contribution in [2.75, 3.05) is 26.2 Å². The quantitative estimate of drug-likeness (QED) is 0.878. The van der Waals surface area contributed by atoms with Crippen molar-refractivity contribution in [2.45, 2.75) is 38.5 Å². The van der Waals surface area contributed by atoms with Crippen molar-refractivity contribution in [1.29, 1.82) is 0 Å². The van der Waals surface area contributed by atoms with Gasteiger partial charge in [-0.1, -0.05) is 24.3 Å². The molecule has 19 heavy (non-hydrogen) atoms. The van der Waals surface area contributed by atoms with Gasteiger partial charge in [-0.05, 0) is 30.9 Å². The zero-order valence-electron chi connectivity index (χ0n) is 11.8. The van der Waals surface area contributed by atoms with Crippen molar-refractivity contribution in [1.82, 2.24) is 10.2 Å². The average Bonchev–Trinajstić information content (AvgIpc) is 2.63. The van der Waals surface area contributed by atoms with E-state index in [1.54, 1.807) is 0 Å². The molecule has 104 valence electrons. The standard InChI is InChI=1S/C16H24N2O/c1-13-11-18(7-4-8-19-13)12-16-9-14-5-2-3-6-15(14)10-17-16/h2-3,5-6,13,16-17H,4,7-12H2,1H3. The summed E-state index contributed by atoms with van der Waals surface area (Å²) in [7, 11) is 0. The third-order valence-electron chi connectivity index (χ3n) is 4.18. The Labute approximate surface area is 115 Å². The van der Waals surface area contributed by atoms with E-state index in [-0.39, 0.29) is 0 Å². The van der Waals surface area contributed by atoms with E-state index in [0.29, 0.717) is 12.1 Å². The molecule has 1 N–H and O–H groups in total. The van der Waals surface area contributed by atoms with Crippen LogP contribution in [-0.4, -0.2) is 43.3 Å². The van der Waals surface area contributed by atoms with Gasteiger partial charge in [0.25, 0.3) is 0 Å². The molecule has 1 aromatic carbocycles. The minimum Gasteiger partial charge on any atom is -0.377 e. The summed E-state index contributed by atoms with van der Waals surface area (Å²) in [6, 6.07) is 9.38. The van der Waals surface area contributed by atoms with Gasteiger partial charge in [0.05, 0.1) is 6.10 Å². The van der Waals surface area contributed by atoms with Gasteiger partial charge in [0.15, 0.2) is 0 Å². The summed E-state index contributed by atoms with van der Waals surface area (Å²) in [5.74, 6) is 0. The van der Waals surface area contributed by atoms with Crippen LogP contribution in [-0.2, 0) is 17.7 Å². The highest BCUT2D eigenvalue weighted by molar-refractivity contribution is 5.29. The average molecular weight is 260 g/mol. The lowest BCUT2D eigenvalue weighted by Gasteiger charge is -2.31. The van der Waals surface area contributed by atoms with Crippen molar-refractivity contribution in [2.24, 2.45) is 0 Å². The van der Waals surface area contributed by atoms with Crippen LogP contribution < -0.4 is 5.32 Å². The lowest BCUT2D eigenvalue weighted by atomic mass is 9.95. The van der Waals surface area contributed by atoms with Gasteiger partial charge in [0.2, 0.25) is 0 Å². The molecule has 1 saturated heterocycles. The fourth-order valence-electron chi connectivity index (χ4n) is 3.21. The minimum atomic E-state index is 0.373. The Bertz CT molecular complexity index is 421. The second-order valence-electron chi connectivity index (χ2n) is 5.85. The van der Waals surface area contributed by atoms with E-state index in [2.05, 4.69) is 41.4 Å². The van der Waals surface area contributed by atoms with Crippen LogP contribution in [0.4, 0.5) is 0 Å². The van der Waals surface area contributed by atoms with Crippen LogP contribution in [0.15, 0.2) is 24.3 Å². The molecule has 0 aliphatic carbocycles. The van der Waals surface area contributed by atoms with E-state index in [1.807, 2.05) is 0 Å². The first-order valence-corrected chi connectivity index (χ1v) is 7.45. The van der Waals surface area contributed by atoms with Gasteiger partial charge in [-0.15, -0.1) is 0 Å². The van der Waals surface area contributed by atoms with Gasteiger partial charge < -0.3 is 10.1 Å². The molecule has 0 amide bonds. The van der Waals surface area contributed by atoms with Crippen molar-refractivity contribution < 1.29 is 4.74 Å². The summed E-state index contributed by atoms with van der Waals surface area (Å²) in [6.45, 7) is 7.49. The molecule has 3 heteroatoms. The number of hydrogen-bond acceptors (Lipinski definition) is 3. The lowest BCUT2D eigenvalue weighted by Crippen LogP contribution is -2.46. The van der Waals surface area contributed by atoms with Crippen LogP contribution in [0, 0.1) is 0 Å². The first kappa shape index (κ1) is 13.1. The van der Waals surface area contributed by atoms with E-state index >= 15 is 0 Å². The molecule has 2 aliphatic heterocycles. The highest BCUT2D eigenvalue weighted by Crippen LogP contribution is 2.17. The van der Waals surface area contributed by atoms with E-state index in [9.17, 15) is 0 Å². The molecule has 1 fully saturated rings. The maximum atomic E-state index is 5.72. The van der Waals surface area contributed by atoms with E-state index in [1.165, 1.54) is 17.7 Å². The van der Waals surface area contributed by atoms with Crippen molar-refractivity contribution in [3.05, 3.63) is 35.4 Å². The van der Waals surface area contributed by atoms with Gasteiger partial charge in [-0.25, -0.2) is 0 Å². The van der Waals surface area contributed by atoms with Crippen LogP contribution in [0.5, 0.6) is 0 Å². The zero-order valence-corrected chi connectivity index (χ0v) is 11.8. The summed E-state index contributed by atoms with van der Waals surface area (Å²) < 4.78 is 5.72. The Morgan fingerprint density at radius 3 is 3.05 bits per heavy atom. The number of fused-ring (bicyclic) bond motifs is 1. The maximum absolute atomic E-state index is 5.72. The number of nitrogens with one attached hydrogen (secondary N) is 1. The Kier molecular flexibility index (Phi) is 4.16. The molecule has 2 atom stereocenters. The first-order chi connectivity index (χ1) is 9.31. The molecule has 0 radical (unpaired) electrons. The lowest BCUT2D eigenvalue weighted by molar-refractivity contribution is 0.0663. The van der Waals surface area contributed by atoms with Gasteiger partial charge in [-0.2, -0.15) is 0 Å². The first-order valence-electron chi connectivity index (χ1n) is 7.45. The molecule has 3 nitrogen and oxygen atoms in total. The van der Waals surface area contributed by atoms with Crippen LogP contribution in [0.3, 0.4) is 0 Å². The monoisotopic (exact) mass is 260 g/mol. The Balaban J connectivity index is 1.59. The summed E-state index contributed by atoms with van der Waals surface area (Å²) in [5, 5.41) is 3.68. The van der Waals surface area contributed by atoms with Gasteiger partial charge in [0, 0.05) is 38.8 Å². The van der Waals surface area contributed by atoms with E-state index in [0.717, 1.165) is 39.1 Å². The molecule has 0 aromatic heterocycles. The van der Waals surface area contributed by atoms with Crippen molar-refractivity contribution in [3.63, 3.8) is 0 Å². The number of hydrogen-bond donors (Lipinski definition) is 1. The molecular weight excluding hydrogens is 236 g/mol. The highest BCUT2D eigenvalue weighted by Gasteiger charge is 2.22. The SMILES string of the molecule is CC1CN(CC2Cc3ccccc3CN2)CCCO1. The zero-order chi connectivity index (χ0) is 13.1. The largest absolute Gasteiger partial charge is 0.377 e. The fourth-order valence-corrected chi connectivity index (χ4v) is 3.21. The van der Waals surface area contributed by atoms with Gasteiger partial charge >= 0.3 is 0 Å². The van der Waals surface area contributed by atoms with Crippen LogP contribution in [0.2, 0.25) is 0 Å². The summed E-state index contributed by atoms with van der Waals surface area (Å²) >= 11 is 0. The molecule has 0 spiro atoms. The molecule has 2 unspecified atom stereocenters. The molecule has 1 aromatic rings. The van der Waals surface area contributed by atoms with Crippen molar-refractivity contribution in [3.8, 4) is 0 Å². The topological polar surface area (TPSA) is 24.5 Å². The number of nitrogens with zero attached hydrogens (tertiary/aromatic N) is 1. The smallest absolute Gasteiger partial charge is 0.0673 e. The molecule has 0 saturated carbocycles. The molecule has 0 bridgehead atoms. The second kappa shape index (κ2) is 6.04. The minimum absolute atomic E-state index is 0.373. The Morgan fingerprint density at radius 2 is 2.16 bits per heavy atom. The Morgan fingerprint density at radius 1 is 1.32 bits per heavy atom. The maximum Gasteiger partial charge on any atom is 0.0673 e. The van der Waals surface area contributed by atoms with Gasteiger partial charge in [-0.3, -0.25) is 4.90 Å². The second-order valence-corrected chi connectivity index (χ2v) is 5.85. The summed E-state index contributed by atoms with van der Waals surface area (Å²) in [5.41, 5.74) is 2.98. The number of rotatable bonds is 2. The Hall–Kier alpha value is -0.900. The third kappa shape index (κ3) is 3.35. The number of ether oxygens (including phenoxy) is 1. The highest BCUT2D eigenvalue weighted by atomic mass is 16.5. The molecular formula is C16H24N2O. The fraction of sp³-hybridized carbons (Fsp3) is 0.625. The van der Waals surface area contributed by atoms with E-state index in [4.69, 9.17) is 4.74 Å². The van der Waals surface area contributed by atoms with Crippen molar-refractivity contribution >= 4 is 0 Å². The van der Waals surface area contributed by atoms with Crippen LogP contribution in [0.1, 0.15) is 24.5 Å². The summed E-state index contributed by atoms with van der Waals surface area (Å²) in [6.07, 6.45) is 2.69.